The molecule has 2 unspecified atom stereocenters. The molecule has 0 spiro atoms. The molecule has 0 N–H and O–H groups in total. The van der Waals surface area contributed by atoms with Crippen molar-refractivity contribution in [3.63, 3.8) is 0 Å². The summed E-state index contributed by atoms with van der Waals surface area (Å²) in [5.41, 5.74) is 2.05. The fraction of sp³-hybridized carbons (Fsp3) is 0.448. The van der Waals surface area contributed by atoms with Crippen LogP contribution in [0.2, 0.25) is 0 Å². The molecule has 1 aliphatic rings. The van der Waals surface area contributed by atoms with E-state index in [4.69, 9.17) is 17.3 Å². The Morgan fingerprint density at radius 3 is 2.49 bits per heavy atom. The lowest BCUT2D eigenvalue weighted by Crippen LogP contribution is -2.06. The molecule has 0 fully saturated rings. The predicted octanol–water partition coefficient (Wildman–Crippen LogP) is 9.45. The molecule has 1 aromatic heterocycles. The van der Waals surface area contributed by atoms with Crippen LogP contribution in [-0.4, -0.2) is 26.8 Å². The van der Waals surface area contributed by atoms with Crippen LogP contribution in [0.3, 0.4) is 0 Å². The number of rotatable bonds is 13. The van der Waals surface area contributed by atoms with Crippen molar-refractivity contribution in [1.82, 2.24) is 0 Å². The molecule has 0 saturated carbocycles. The van der Waals surface area contributed by atoms with E-state index in [0.717, 1.165) is 50.0 Å². The van der Waals surface area contributed by atoms with Crippen molar-refractivity contribution in [3.8, 4) is 11.5 Å². The minimum Gasteiger partial charge on any atom is -0.496 e. The van der Waals surface area contributed by atoms with Crippen LogP contribution in [0.5, 0.6) is 11.5 Å². The summed E-state index contributed by atoms with van der Waals surface area (Å²) in [6.07, 6.45) is 16.5. The predicted molar refractivity (Wildman–Crippen MR) is 161 cm³/mol. The average Bonchev–Trinajstić information content (AvgIpc) is 3.43. The van der Waals surface area contributed by atoms with Gasteiger partial charge in [-0.25, -0.2) is 0 Å². The highest BCUT2D eigenvalue weighted by atomic mass is 79.9. The van der Waals surface area contributed by atoms with Crippen LogP contribution in [0.25, 0.3) is 18.2 Å². The smallest absolute Gasteiger partial charge is 0.127 e. The molecule has 2 heterocycles. The molecule has 0 bridgehead atoms. The van der Waals surface area contributed by atoms with Crippen molar-refractivity contribution >= 4 is 65.1 Å². The topological polar surface area (TPSA) is 18.5 Å². The lowest BCUT2D eigenvalue weighted by atomic mass is 9.98. The highest BCUT2D eigenvalue weighted by Gasteiger charge is 2.14. The summed E-state index contributed by atoms with van der Waals surface area (Å²) in [4.78, 5) is 2.09. The van der Waals surface area contributed by atoms with Crippen molar-refractivity contribution in [2.75, 3.05) is 13.7 Å². The maximum atomic E-state index is 6.38. The van der Waals surface area contributed by atoms with Crippen LogP contribution in [0.1, 0.15) is 68.9 Å². The Bertz CT molecular complexity index is 1040. The van der Waals surface area contributed by atoms with Gasteiger partial charge in [0.25, 0.3) is 0 Å². The molecule has 0 aliphatic carbocycles. The number of hydrogen-bond donors (Lipinski definition) is 0. The van der Waals surface area contributed by atoms with Gasteiger partial charge in [0.1, 0.15) is 19.3 Å². The second-order valence-corrected chi connectivity index (χ2v) is 13.3. The standard InChI is InChI=1S/C29H36BBrO2S2/c1-20(2)6-5-7-21(3)16-17-33-27-19-22(8-10-24-12-14-28(30)34-24)26(32-4)18-23(27)9-11-25-13-15-29(31)35-25/h8-11,13-15,18-21,24H,5-7,12,16-17H2,1-4H3/b10-8+,11-9+. The number of methoxy groups -OCH3 is 1. The molecular weight excluding hydrogens is 535 g/mol. The van der Waals surface area contributed by atoms with Gasteiger partial charge in [-0.1, -0.05) is 63.1 Å². The number of thioether (sulfide) groups is 1. The first-order valence-corrected chi connectivity index (χ1v) is 14.9. The average molecular weight is 571 g/mol. The first-order valence-electron chi connectivity index (χ1n) is 12.4. The first-order chi connectivity index (χ1) is 16.8. The monoisotopic (exact) mass is 570 g/mol. The first kappa shape index (κ1) is 28.2. The minimum absolute atomic E-state index is 0.368. The highest BCUT2D eigenvalue weighted by Crippen LogP contribution is 2.35. The van der Waals surface area contributed by atoms with Crippen LogP contribution in [-0.2, 0) is 0 Å². The number of halogens is 1. The Hall–Kier alpha value is -1.37. The van der Waals surface area contributed by atoms with Gasteiger partial charge in [0.15, 0.2) is 0 Å². The van der Waals surface area contributed by atoms with Gasteiger partial charge < -0.3 is 9.47 Å². The molecule has 186 valence electrons. The van der Waals surface area contributed by atoms with E-state index in [2.05, 4.69) is 91.3 Å². The van der Waals surface area contributed by atoms with Gasteiger partial charge in [-0.3, -0.25) is 0 Å². The van der Waals surface area contributed by atoms with Crippen LogP contribution in [0.4, 0.5) is 0 Å². The van der Waals surface area contributed by atoms with Gasteiger partial charge in [0, 0.05) is 21.3 Å². The molecular formula is C29H36BBrO2S2. The minimum atomic E-state index is 0.368. The second kappa shape index (κ2) is 14.4. The summed E-state index contributed by atoms with van der Waals surface area (Å²) < 4.78 is 13.2. The van der Waals surface area contributed by atoms with E-state index in [1.807, 2.05) is 0 Å². The quantitative estimate of drug-likeness (QED) is 0.223. The molecule has 2 nitrogen and oxygen atoms in total. The molecule has 1 aliphatic heterocycles. The van der Waals surface area contributed by atoms with Gasteiger partial charge in [0.05, 0.1) is 17.5 Å². The third-order valence-corrected chi connectivity index (χ3v) is 8.74. The van der Waals surface area contributed by atoms with Gasteiger partial charge in [-0.15, -0.1) is 23.1 Å². The number of thiophene rings is 1. The lowest BCUT2D eigenvalue weighted by molar-refractivity contribution is 0.275. The van der Waals surface area contributed by atoms with Crippen LogP contribution in [0.15, 0.2) is 45.0 Å². The molecule has 35 heavy (non-hydrogen) atoms. The summed E-state index contributed by atoms with van der Waals surface area (Å²) in [5, 5.41) is 0.368. The third-order valence-electron chi connectivity index (χ3n) is 6.06. The zero-order chi connectivity index (χ0) is 25.2. The molecule has 2 radical (unpaired) electrons. The van der Waals surface area contributed by atoms with E-state index in [1.54, 1.807) is 30.2 Å². The molecule has 2 atom stereocenters. The molecule has 2 aromatic rings. The molecule has 0 amide bonds. The largest absolute Gasteiger partial charge is 0.496 e. The van der Waals surface area contributed by atoms with E-state index in [0.29, 0.717) is 17.8 Å². The van der Waals surface area contributed by atoms with Crippen molar-refractivity contribution in [2.24, 2.45) is 11.8 Å². The second-order valence-electron chi connectivity index (χ2n) is 9.53. The highest BCUT2D eigenvalue weighted by molar-refractivity contribution is 9.11. The van der Waals surface area contributed by atoms with Crippen molar-refractivity contribution in [2.45, 2.75) is 58.1 Å². The number of ether oxygens (including phenoxy) is 2. The van der Waals surface area contributed by atoms with E-state index in [1.165, 1.54) is 24.1 Å². The fourth-order valence-corrected chi connectivity index (χ4v) is 6.18. The zero-order valence-electron chi connectivity index (χ0n) is 21.3. The summed E-state index contributed by atoms with van der Waals surface area (Å²) in [6.45, 7) is 7.64. The Morgan fingerprint density at radius 1 is 1.06 bits per heavy atom. The molecule has 0 saturated heterocycles. The summed E-state index contributed by atoms with van der Waals surface area (Å²) in [6, 6.07) is 8.37. The summed E-state index contributed by atoms with van der Waals surface area (Å²) in [7, 11) is 7.66. The Labute approximate surface area is 229 Å². The number of benzene rings is 1. The summed E-state index contributed by atoms with van der Waals surface area (Å²) in [5.74, 6) is 3.17. The number of allylic oxidation sites excluding steroid dienone is 1. The van der Waals surface area contributed by atoms with E-state index >= 15 is 0 Å². The van der Waals surface area contributed by atoms with Crippen LogP contribution >= 0.6 is 39.0 Å². The zero-order valence-corrected chi connectivity index (χ0v) is 24.5. The van der Waals surface area contributed by atoms with Gasteiger partial charge in [-0.05, 0) is 77.0 Å². The van der Waals surface area contributed by atoms with E-state index in [9.17, 15) is 0 Å². The van der Waals surface area contributed by atoms with Crippen LogP contribution in [0, 0.1) is 11.8 Å². The number of hydrogen-bond acceptors (Lipinski definition) is 4. The van der Waals surface area contributed by atoms with Crippen molar-refractivity contribution < 1.29 is 9.47 Å². The maximum Gasteiger partial charge on any atom is 0.127 e. The van der Waals surface area contributed by atoms with E-state index < -0.39 is 0 Å². The molecule has 3 rings (SSSR count). The van der Waals surface area contributed by atoms with Gasteiger partial charge in [-0.2, -0.15) is 0 Å². The van der Waals surface area contributed by atoms with E-state index in [-0.39, 0.29) is 0 Å². The Morgan fingerprint density at radius 2 is 1.83 bits per heavy atom. The Balaban J connectivity index is 1.75. The van der Waals surface area contributed by atoms with Crippen molar-refractivity contribution in [1.29, 1.82) is 0 Å². The maximum absolute atomic E-state index is 6.38. The fourth-order valence-electron chi connectivity index (χ4n) is 3.96. The van der Waals surface area contributed by atoms with Crippen LogP contribution < -0.4 is 9.47 Å². The SMILES string of the molecule is [B]C1=CCC(/C=C/c2cc(OCCC(C)CCCC(C)C)c(/C=C/c3ccc(Br)s3)cc2OC)S1. The molecule has 6 heteroatoms. The summed E-state index contributed by atoms with van der Waals surface area (Å²) >= 11 is 6.96. The normalized spacial score (nSPS) is 17.0. The Kier molecular flexibility index (Phi) is 11.6. The third kappa shape index (κ3) is 9.55. The van der Waals surface area contributed by atoms with Gasteiger partial charge in [0.2, 0.25) is 0 Å². The lowest BCUT2D eigenvalue weighted by Gasteiger charge is -2.16. The van der Waals surface area contributed by atoms with Gasteiger partial charge >= 0.3 is 0 Å². The molecule has 1 aromatic carbocycles. The van der Waals surface area contributed by atoms with Crippen molar-refractivity contribution in [3.05, 3.63) is 61.0 Å².